The molecular weight excluding hydrogens is 264 g/mol. The Labute approximate surface area is 119 Å². The van der Waals surface area contributed by atoms with Crippen LogP contribution >= 0.6 is 0 Å². The lowest BCUT2D eigenvalue weighted by Crippen LogP contribution is -2.51. The zero-order chi connectivity index (χ0) is 15.0. The van der Waals surface area contributed by atoms with Crippen molar-refractivity contribution in [1.82, 2.24) is 10.6 Å². The Morgan fingerprint density at radius 2 is 2.30 bits per heavy atom. The highest BCUT2D eigenvalue weighted by Crippen LogP contribution is 2.25. The SMILES string of the molecule is C=CCOC(=O)NCC1C[C@H](CNC)C(O)[C@@H](OC)O1. The molecule has 0 aromatic rings. The average molecular weight is 288 g/mol. The standard InChI is InChI=1S/C13H24N2O5/c1-4-5-19-13(17)15-8-10-6-9(7-14-2)11(16)12(18-3)20-10/h4,9-12,14,16H,1,5-8H2,2-3H3,(H,15,17)/t9-,10?,11?,12+/m1/s1. The highest BCUT2D eigenvalue weighted by Gasteiger charge is 2.37. The van der Waals surface area contributed by atoms with Crippen LogP contribution in [0.5, 0.6) is 0 Å². The third-order valence-corrected chi connectivity index (χ3v) is 3.16. The molecule has 7 heteroatoms. The number of hydrogen-bond acceptors (Lipinski definition) is 6. The normalized spacial score (nSPS) is 29.8. The van der Waals surface area contributed by atoms with Crippen LogP contribution in [0, 0.1) is 5.92 Å². The second-order valence-electron chi connectivity index (χ2n) is 4.67. The fraction of sp³-hybridized carbons (Fsp3) is 0.769. The lowest BCUT2D eigenvalue weighted by atomic mass is 9.92. The number of hydrogen-bond donors (Lipinski definition) is 3. The van der Waals surface area contributed by atoms with Crippen molar-refractivity contribution in [3.8, 4) is 0 Å². The molecule has 1 amide bonds. The van der Waals surface area contributed by atoms with E-state index in [0.717, 1.165) is 0 Å². The third kappa shape index (κ3) is 5.09. The largest absolute Gasteiger partial charge is 0.445 e. The summed E-state index contributed by atoms with van der Waals surface area (Å²) in [6.07, 6.45) is 0.0202. The van der Waals surface area contributed by atoms with Gasteiger partial charge in [-0.2, -0.15) is 0 Å². The van der Waals surface area contributed by atoms with Gasteiger partial charge in [0.2, 0.25) is 0 Å². The van der Waals surface area contributed by atoms with Gasteiger partial charge in [-0.15, -0.1) is 0 Å². The summed E-state index contributed by atoms with van der Waals surface area (Å²) in [6.45, 7) is 4.59. The van der Waals surface area contributed by atoms with Gasteiger partial charge in [-0.1, -0.05) is 12.7 Å². The van der Waals surface area contributed by atoms with E-state index in [9.17, 15) is 9.90 Å². The fourth-order valence-corrected chi connectivity index (χ4v) is 2.20. The van der Waals surface area contributed by atoms with E-state index in [4.69, 9.17) is 14.2 Å². The van der Waals surface area contributed by atoms with Gasteiger partial charge in [0.05, 0.1) is 6.10 Å². The van der Waals surface area contributed by atoms with Crippen LogP contribution in [0.25, 0.3) is 0 Å². The zero-order valence-corrected chi connectivity index (χ0v) is 12.0. The fourth-order valence-electron chi connectivity index (χ4n) is 2.20. The van der Waals surface area contributed by atoms with Crippen LogP contribution < -0.4 is 10.6 Å². The summed E-state index contributed by atoms with van der Waals surface area (Å²) in [5.41, 5.74) is 0. The van der Waals surface area contributed by atoms with Crippen molar-refractivity contribution in [2.45, 2.75) is 24.9 Å². The predicted octanol–water partition coefficient (Wildman–Crippen LogP) is -0.143. The third-order valence-electron chi connectivity index (χ3n) is 3.16. The number of amides is 1. The Balaban J connectivity index is 2.44. The number of carbonyl (C=O) groups is 1. The van der Waals surface area contributed by atoms with Gasteiger partial charge >= 0.3 is 6.09 Å². The van der Waals surface area contributed by atoms with Crippen LogP contribution in [0.3, 0.4) is 0 Å². The molecule has 0 bridgehead atoms. The van der Waals surface area contributed by atoms with E-state index in [1.165, 1.54) is 13.2 Å². The molecule has 1 fully saturated rings. The first-order chi connectivity index (χ1) is 9.62. The maximum atomic E-state index is 11.3. The van der Waals surface area contributed by atoms with Crippen LogP contribution in [0.4, 0.5) is 4.79 Å². The summed E-state index contributed by atoms with van der Waals surface area (Å²) in [7, 11) is 3.31. The lowest BCUT2D eigenvalue weighted by Gasteiger charge is -2.38. The minimum absolute atomic E-state index is 0.00898. The summed E-state index contributed by atoms with van der Waals surface area (Å²) in [6, 6.07) is 0. The maximum Gasteiger partial charge on any atom is 0.407 e. The number of carbonyl (C=O) groups excluding carboxylic acids is 1. The number of alkyl carbamates (subject to hydrolysis) is 1. The van der Waals surface area contributed by atoms with Gasteiger partial charge in [-0.3, -0.25) is 0 Å². The van der Waals surface area contributed by atoms with Gasteiger partial charge < -0.3 is 30.0 Å². The Morgan fingerprint density at radius 1 is 1.55 bits per heavy atom. The Bertz CT molecular complexity index is 313. The summed E-state index contributed by atoms with van der Waals surface area (Å²) < 4.78 is 15.5. The molecule has 4 atom stereocenters. The van der Waals surface area contributed by atoms with E-state index < -0.39 is 18.5 Å². The van der Waals surface area contributed by atoms with Crippen molar-refractivity contribution in [2.75, 3.05) is 33.9 Å². The minimum atomic E-state index is -0.684. The molecule has 2 unspecified atom stereocenters. The van der Waals surface area contributed by atoms with Crippen LogP contribution in [0.1, 0.15) is 6.42 Å². The molecule has 1 heterocycles. The van der Waals surface area contributed by atoms with Gasteiger partial charge in [0.15, 0.2) is 6.29 Å². The first kappa shape index (κ1) is 16.9. The second kappa shape index (κ2) is 8.91. The summed E-state index contributed by atoms with van der Waals surface area (Å²) in [5, 5.41) is 15.7. The van der Waals surface area contributed by atoms with Crippen LogP contribution in [-0.2, 0) is 14.2 Å². The van der Waals surface area contributed by atoms with Crippen molar-refractivity contribution in [2.24, 2.45) is 5.92 Å². The monoisotopic (exact) mass is 288 g/mol. The van der Waals surface area contributed by atoms with E-state index in [1.54, 1.807) is 0 Å². The van der Waals surface area contributed by atoms with E-state index in [2.05, 4.69) is 17.2 Å². The molecule has 0 aliphatic carbocycles. The van der Waals surface area contributed by atoms with Crippen LogP contribution in [0.15, 0.2) is 12.7 Å². The van der Waals surface area contributed by atoms with E-state index in [0.29, 0.717) is 19.5 Å². The van der Waals surface area contributed by atoms with Gasteiger partial charge in [0.1, 0.15) is 12.7 Å². The molecule has 1 saturated heterocycles. The molecule has 116 valence electrons. The number of ether oxygens (including phenoxy) is 3. The molecule has 20 heavy (non-hydrogen) atoms. The number of aliphatic hydroxyl groups excluding tert-OH is 1. The smallest absolute Gasteiger partial charge is 0.407 e. The number of rotatable bonds is 7. The van der Waals surface area contributed by atoms with Gasteiger partial charge in [-0.25, -0.2) is 4.79 Å². The number of methoxy groups -OCH3 is 1. The van der Waals surface area contributed by atoms with Crippen molar-refractivity contribution in [3.05, 3.63) is 12.7 Å². The van der Waals surface area contributed by atoms with Crippen molar-refractivity contribution < 1.29 is 24.1 Å². The molecule has 1 aliphatic rings. The molecule has 0 aromatic carbocycles. The van der Waals surface area contributed by atoms with E-state index in [1.807, 2.05) is 7.05 Å². The summed E-state index contributed by atoms with van der Waals surface area (Å²) >= 11 is 0. The molecule has 0 saturated carbocycles. The molecule has 0 aromatic heterocycles. The van der Waals surface area contributed by atoms with Gasteiger partial charge in [0, 0.05) is 26.1 Å². The molecule has 0 spiro atoms. The van der Waals surface area contributed by atoms with E-state index >= 15 is 0 Å². The number of nitrogens with one attached hydrogen (secondary N) is 2. The van der Waals surface area contributed by atoms with Crippen molar-refractivity contribution in [3.63, 3.8) is 0 Å². The molecule has 3 N–H and O–H groups in total. The summed E-state index contributed by atoms with van der Waals surface area (Å²) in [4.78, 5) is 11.3. The number of aliphatic hydroxyl groups is 1. The molecular formula is C13H24N2O5. The first-order valence-electron chi connectivity index (χ1n) is 6.64. The lowest BCUT2D eigenvalue weighted by molar-refractivity contribution is -0.244. The zero-order valence-electron chi connectivity index (χ0n) is 12.0. The highest BCUT2D eigenvalue weighted by atomic mass is 16.7. The minimum Gasteiger partial charge on any atom is -0.445 e. The second-order valence-corrected chi connectivity index (χ2v) is 4.67. The van der Waals surface area contributed by atoms with Crippen LogP contribution in [-0.4, -0.2) is 63.6 Å². The topological polar surface area (TPSA) is 89.1 Å². The molecule has 0 radical (unpaired) electrons. The van der Waals surface area contributed by atoms with Crippen molar-refractivity contribution >= 4 is 6.09 Å². The first-order valence-corrected chi connectivity index (χ1v) is 6.64. The molecule has 7 nitrogen and oxygen atoms in total. The molecule has 1 aliphatic heterocycles. The highest BCUT2D eigenvalue weighted by molar-refractivity contribution is 5.67. The predicted molar refractivity (Wildman–Crippen MR) is 73.3 cm³/mol. The van der Waals surface area contributed by atoms with Gasteiger partial charge in [0.25, 0.3) is 0 Å². The van der Waals surface area contributed by atoms with E-state index in [-0.39, 0.29) is 18.6 Å². The Hall–Kier alpha value is -1.15. The summed E-state index contributed by atoms with van der Waals surface area (Å²) in [5.74, 6) is 0.00898. The maximum absolute atomic E-state index is 11.3. The quantitative estimate of drug-likeness (QED) is 0.565. The van der Waals surface area contributed by atoms with Gasteiger partial charge in [-0.05, 0) is 13.5 Å². The Kier molecular flexibility index (Phi) is 7.53. The average Bonchev–Trinajstić information content (AvgIpc) is 2.45. The van der Waals surface area contributed by atoms with Crippen LogP contribution in [0.2, 0.25) is 0 Å². The molecule has 1 rings (SSSR count). The van der Waals surface area contributed by atoms with Crippen molar-refractivity contribution in [1.29, 1.82) is 0 Å². The Morgan fingerprint density at radius 3 is 2.90 bits per heavy atom.